The lowest BCUT2D eigenvalue weighted by Gasteiger charge is -2.07. The fraction of sp³-hybridized carbons (Fsp3) is 0.105. The second-order valence-corrected chi connectivity index (χ2v) is 5.79. The SMILES string of the molecule is COc1ccccc1-c1cnc2n[nH]c(-c3ccc4c(c3)OCO4)c2n1. The van der Waals surface area contributed by atoms with Gasteiger partial charge in [-0.1, -0.05) is 12.1 Å². The van der Waals surface area contributed by atoms with Gasteiger partial charge in [0.05, 0.1) is 24.7 Å². The van der Waals surface area contributed by atoms with Crippen LogP contribution in [0, 0.1) is 0 Å². The number of methoxy groups -OCH3 is 1. The van der Waals surface area contributed by atoms with Gasteiger partial charge in [0.2, 0.25) is 6.79 Å². The molecule has 2 aromatic carbocycles. The highest BCUT2D eigenvalue weighted by molar-refractivity contribution is 5.89. The van der Waals surface area contributed by atoms with E-state index in [4.69, 9.17) is 19.2 Å². The van der Waals surface area contributed by atoms with Crippen LogP contribution >= 0.6 is 0 Å². The van der Waals surface area contributed by atoms with Crippen molar-refractivity contribution in [1.82, 2.24) is 20.2 Å². The Bertz CT molecular complexity index is 1120. The summed E-state index contributed by atoms with van der Waals surface area (Å²) >= 11 is 0. The van der Waals surface area contributed by atoms with Gasteiger partial charge in [-0.15, -0.1) is 0 Å². The van der Waals surface area contributed by atoms with Crippen molar-refractivity contribution in [3.8, 4) is 39.8 Å². The van der Waals surface area contributed by atoms with Crippen LogP contribution in [0.1, 0.15) is 0 Å². The number of H-pyrrole nitrogens is 1. The molecule has 5 rings (SSSR count). The van der Waals surface area contributed by atoms with Crippen molar-refractivity contribution in [2.75, 3.05) is 13.9 Å². The van der Waals surface area contributed by atoms with Crippen LogP contribution < -0.4 is 14.2 Å². The molecule has 0 aliphatic carbocycles. The molecule has 0 fully saturated rings. The van der Waals surface area contributed by atoms with E-state index in [-0.39, 0.29) is 6.79 Å². The molecule has 0 amide bonds. The molecule has 0 radical (unpaired) electrons. The lowest BCUT2D eigenvalue weighted by atomic mass is 10.1. The summed E-state index contributed by atoms with van der Waals surface area (Å²) in [5.41, 5.74) is 4.52. The van der Waals surface area contributed by atoms with Crippen molar-refractivity contribution in [2.45, 2.75) is 0 Å². The third kappa shape index (κ3) is 2.25. The second-order valence-electron chi connectivity index (χ2n) is 5.79. The maximum atomic E-state index is 5.46. The minimum absolute atomic E-state index is 0.236. The van der Waals surface area contributed by atoms with Gasteiger partial charge in [-0.05, 0) is 30.3 Å². The summed E-state index contributed by atoms with van der Waals surface area (Å²) in [5.74, 6) is 2.19. The van der Waals surface area contributed by atoms with Crippen molar-refractivity contribution >= 4 is 11.2 Å². The fourth-order valence-electron chi connectivity index (χ4n) is 3.03. The Morgan fingerprint density at radius 3 is 2.88 bits per heavy atom. The first-order chi connectivity index (χ1) is 12.8. The van der Waals surface area contributed by atoms with Crippen LogP contribution in [-0.2, 0) is 0 Å². The maximum Gasteiger partial charge on any atom is 0.231 e. The van der Waals surface area contributed by atoms with Gasteiger partial charge in [0.25, 0.3) is 0 Å². The Morgan fingerprint density at radius 2 is 1.96 bits per heavy atom. The molecular formula is C19H14N4O3. The van der Waals surface area contributed by atoms with Crippen molar-refractivity contribution < 1.29 is 14.2 Å². The van der Waals surface area contributed by atoms with Gasteiger partial charge < -0.3 is 14.2 Å². The lowest BCUT2D eigenvalue weighted by molar-refractivity contribution is 0.174. The van der Waals surface area contributed by atoms with Crippen LogP contribution in [0.5, 0.6) is 17.2 Å². The minimum atomic E-state index is 0.236. The summed E-state index contributed by atoms with van der Waals surface area (Å²) in [7, 11) is 1.64. The highest BCUT2D eigenvalue weighted by atomic mass is 16.7. The van der Waals surface area contributed by atoms with Crippen LogP contribution in [0.4, 0.5) is 0 Å². The van der Waals surface area contributed by atoms with E-state index in [1.54, 1.807) is 13.3 Å². The number of nitrogens with one attached hydrogen (secondary N) is 1. The molecule has 4 aromatic rings. The van der Waals surface area contributed by atoms with Crippen molar-refractivity contribution in [2.24, 2.45) is 0 Å². The molecule has 1 aliphatic rings. The number of para-hydroxylation sites is 1. The molecule has 3 heterocycles. The van der Waals surface area contributed by atoms with Gasteiger partial charge in [0, 0.05) is 11.1 Å². The summed E-state index contributed by atoms with van der Waals surface area (Å²) in [6, 6.07) is 13.4. The molecule has 1 aliphatic heterocycles. The molecule has 0 saturated heterocycles. The summed E-state index contributed by atoms with van der Waals surface area (Å²) in [6.45, 7) is 0.236. The van der Waals surface area contributed by atoms with Gasteiger partial charge >= 0.3 is 0 Å². The normalized spacial score (nSPS) is 12.5. The zero-order chi connectivity index (χ0) is 17.5. The molecule has 7 heteroatoms. The number of nitrogens with zero attached hydrogens (tertiary/aromatic N) is 3. The molecule has 0 bridgehead atoms. The molecule has 0 atom stereocenters. The van der Waals surface area contributed by atoms with E-state index in [0.717, 1.165) is 34.0 Å². The predicted molar refractivity (Wildman–Crippen MR) is 95.2 cm³/mol. The van der Waals surface area contributed by atoms with E-state index in [9.17, 15) is 0 Å². The number of aromatic nitrogens is 4. The Kier molecular flexibility index (Phi) is 3.24. The summed E-state index contributed by atoms with van der Waals surface area (Å²) in [5, 5.41) is 7.29. The Balaban J connectivity index is 1.66. The molecule has 2 aromatic heterocycles. The topological polar surface area (TPSA) is 82.2 Å². The Hall–Kier alpha value is -3.61. The number of aromatic amines is 1. The average molecular weight is 346 g/mol. The van der Waals surface area contributed by atoms with E-state index < -0.39 is 0 Å². The summed E-state index contributed by atoms with van der Waals surface area (Å²) < 4.78 is 16.3. The van der Waals surface area contributed by atoms with E-state index in [1.807, 2.05) is 42.5 Å². The predicted octanol–water partition coefficient (Wildman–Crippen LogP) is 3.42. The standard InChI is InChI=1S/C19H14N4O3/c1-24-14-5-3-2-4-12(14)13-9-20-19-18(21-13)17(22-23-19)11-6-7-15-16(8-11)26-10-25-15/h2-9H,10H2,1H3,(H,20,22,23). The van der Waals surface area contributed by atoms with E-state index in [1.165, 1.54) is 0 Å². The Morgan fingerprint density at radius 1 is 1.08 bits per heavy atom. The van der Waals surface area contributed by atoms with Gasteiger partial charge in [0.15, 0.2) is 17.1 Å². The smallest absolute Gasteiger partial charge is 0.231 e. The number of benzene rings is 2. The second kappa shape index (κ2) is 5.73. The van der Waals surface area contributed by atoms with Crippen LogP contribution in [-0.4, -0.2) is 34.1 Å². The van der Waals surface area contributed by atoms with Crippen LogP contribution in [0.25, 0.3) is 33.7 Å². The number of hydrogen-bond acceptors (Lipinski definition) is 6. The van der Waals surface area contributed by atoms with Crippen molar-refractivity contribution in [3.63, 3.8) is 0 Å². The van der Waals surface area contributed by atoms with Gasteiger partial charge in [0.1, 0.15) is 11.3 Å². The molecular weight excluding hydrogens is 332 g/mol. The zero-order valence-electron chi connectivity index (χ0n) is 13.9. The van der Waals surface area contributed by atoms with Gasteiger partial charge in [-0.25, -0.2) is 9.97 Å². The monoisotopic (exact) mass is 346 g/mol. The van der Waals surface area contributed by atoms with Crippen LogP contribution in [0.15, 0.2) is 48.7 Å². The highest BCUT2D eigenvalue weighted by Gasteiger charge is 2.18. The fourth-order valence-corrected chi connectivity index (χ4v) is 3.03. The Labute approximate surface area is 148 Å². The van der Waals surface area contributed by atoms with Crippen molar-refractivity contribution in [3.05, 3.63) is 48.7 Å². The first-order valence-electron chi connectivity index (χ1n) is 8.08. The van der Waals surface area contributed by atoms with Crippen molar-refractivity contribution in [1.29, 1.82) is 0 Å². The average Bonchev–Trinajstić information content (AvgIpc) is 3.33. The zero-order valence-corrected chi connectivity index (χ0v) is 13.9. The molecule has 1 N–H and O–H groups in total. The molecule has 0 spiro atoms. The molecule has 0 saturated carbocycles. The molecule has 0 unspecified atom stereocenters. The number of fused-ring (bicyclic) bond motifs is 2. The van der Waals surface area contributed by atoms with Gasteiger partial charge in [-0.3, -0.25) is 5.10 Å². The molecule has 26 heavy (non-hydrogen) atoms. The van der Waals surface area contributed by atoms with E-state index >= 15 is 0 Å². The first-order valence-corrected chi connectivity index (χ1v) is 8.08. The third-order valence-electron chi connectivity index (χ3n) is 4.31. The van der Waals surface area contributed by atoms with Crippen LogP contribution in [0.2, 0.25) is 0 Å². The quantitative estimate of drug-likeness (QED) is 0.612. The maximum absolute atomic E-state index is 5.46. The van der Waals surface area contributed by atoms with Crippen LogP contribution in [0.3, 0.4) is 0 Å². The third-order valence-corrected chi connectivity index (χ3v) is 4.31. The summed E-state index contributed by atoms with van der Waals surface area (Å²) in [6.07, 6.45) is 1.70. The lowest BCUT2D eigenvalue weighted by Crippen LogP contribution is -1.93. The molecule has 7 nitrogen and oxygen atoms in total. The minimum Gasteiger partial charge on any atom is -0.496 e. The van der Waals surface area contributed by atoms with Gasteiger partial charge in [-0.2, -0.15) is 5.10 Å². The van der Waals surface area contributed by atoms with E-state index in [2.05, 4.69) is 15.2 Å². The number of ether oxygens (including phenoxy) is 3. The number of rotatable bonds is 3. The first kappa shape index (κ1) is 14.7. The van der Waals surface area contributed by atoms with E-state index in [0.29, 0.717) is 16.9 Å². The highest BCUT2D eigenvalue weighted by Crippen LogP contribution is 2.37. The summed E-state index contributed by atoms with van der Waals surface area (Å²) in [4.78, 5) is 9.21. The molecule has 128 valence electrons. The largest absolute Gasteiger partial charge is 0.496 e. The number of hydrogen-bond donors (Lipinski definition) is 1.